The molecule has 1 rings (SSSR count). The number of halogens is 5. The van der Waals surface area contributed by atoms with Crippen LogP contribution in [0.4, 0.5) is 22.0 Å². The minimum atomic E-state index is -5.29. The van der Waals surface area contributed by atoms with Gasteiger partial charge in [0.05, 0.1) is 17.5 Å². The summed E-state index contributed by atoms with van der Waals surface area (Å²) >= 11 is 0. The average molecular weight is 390 g/mol. The number of rotatable bonds is 5. The van der Waals surface area contributed by atoms with E-state index in [0.717, 1.165) is 0 Å². The van der Waals surface area contributed by atoms with Crippen molar-refractivity contribution in [1.29, 1.82) is 0 Å². The molecule has 0 aliphatic carbocycles. The lowest BCUT2D eigenvalue weighted by Gasteiger charge is -2.32. The number of hydrogen-bond acceptors (Lipinski definition) is 4. The zero-order valence-electron chi connectivity index (χ0n) is 13.2. The van der Waals surface area contributed by atoms with Crippen molar-refractivity contribution < 1.29 is 39.9 Å². The van der Waals surface area contributed by atoms with Crippen molar-refractivity contribution in [3.63, 3.8) is 0 Å². The highest BCUT2D eigenvalue weighted by Crippen LogP contribution is 2.42. The normalized spacial score (nSPS) is 20.0. The number of hydrogen-bond donors (Lipinski definition) is 2. The van der Waals surface area contributed by atoms with Gasteiger partial charge in [-0.05, 0) is 5.92 Å². The van der Waals surface area contributed by atoms with Crippen LogP contribution in [0, 0.1) is 5.92 Å². The molecule has 0 fully saturated rings. The Morgan fingerprint density at radius 1 is 1.36 bits per heavy atom. The number of carbonyl (C=O) groups is 1. The van der Waals surface area contributed by atoms with Crippen LogP contribution in [0.1, 0.15) is 13.8 Å². The van der Waals surface area contributed by atoms with E-state index in [-0.39, 0.29) is 6.08 Å². The first-order chi connectivity index (χ1) is 11.1. The van der Waals surface area contributed by atoms with E-state index in [4.69, 9.17) is 5.73 Å². The first-order valence-electron chi connectivity index (χ1n) is 6.68. The van der Waals surface area contributed by atoms with Crippen LogP contribution in [-0.2, 0) is 19.6 Å². The molecule has 0 aromatic rings. The molecule has 1 amide bonds. The quantitative estimate of drug-likeness (QED) is 0.554. The smallest absolute Gasteiger partial charge is 0.452 e. The predicted molar refractivity (Wildman–Crippen MR) is 77.3 cm³/mol. The second-order valence-electron chi connectivity index (χ2n) is 5.48. The number of allylic oxidation sites excluding steroid dienone is 2. The molecular formula is C13H15F5N2O4S. The summed E-state index contributed by atoms with van der Waals surface area (Å²) in [6, 6.07) is 0. The van der Waals surface area contributed by atoms with Crippen molar-refractivity contribution >= 4 is 15.9 Å². The molecule has 1 aliphatic rings. The van der Waals surface area contributed by atoms with E-state index in [1.54, 1.807) is 0 Å². The SMILES string of the molecule is CC(C)C1OC(C(F)(F)F)=C(F)C(NS(C)(=O)=O)=C1C(F)=CC(N)=O. The van der Waals surface area contributed by atoms with Crippen LogP contribution in [0.5, 0.6) is 0 Å². The Morgan fingerprint density at radius 2 is 1.88 bits per heavy atom. The van der Waals surface area contributed by atoms with Crippen molar-refractivity contribution in [2.24, 2.45) is 11.7 Å². The highest BCUT2D eigenvalue weighted by molar-refractivity contribution is 7.88. The third-order valence-electron chi connectivity index (χ3n) is 2.89. The first kappa shape index (κ1) is 20.9. The zero-order chi connectivity index (χ0) is 19.7. The van der Waals surface area contributed by atoms with Gasteiger partial charge in [-0.1, -0.05) is 13.8 Å². The van der Waals surface area contributed by atoms with Gasteiger partial charge >= 0.3 is 6.18 Å². The second-order valence-corrected chi connectivity index (χ2v) is 7.23. The van der Waals surface area contributed by atoms with Crippen molar-refractivity contribution in [3.8, 4) is 0 Å². The molecule has 0 saturated carbocycles. The van der Waals surface area contributed by atoms with Crippen LogP contribution < -0.4 is 10.5 Å². The monoisotopic (exact) mass is 390 g/mol. The Kier molecular flexibility index (Phi) is 5.88. The topological polar surface area (TPSA) is 98.5 Å². The molecule has 0 spiro atoms. The van der Waals surface area contributed by atoms with Crippen LogP contribution >= 0.6 is 0 Å². The molecule has 0 radical (unpaired) electrons. The molecule has 25 heavy (non-hydrogen) atoms. The summed E-state index contributed by atoms with van der Waals surface area (Å²) in [4.78, 5) is 10.8. The molecule has 0 saturated heterocycles. The third kappa shape index (κ3) is 5.18. The molecule has 1 aliphatic heterocycles. The fraction of sp³-hybridized carbons (Fsp3) is 0.462. The van der Waals surface area contributed by atoms with Gasteiger partial charge in [-0.25, -0.2) is 17.2 Å². The maximum absolute atomic E-state index is 14.3. The third-order valence-corrected chi connectivity index (χ3v) is 3.47. The predicted octanol–water partition coefficient (Wildman–Crippen LogP) is 1.93. The summed E-state index contributed by atoms with van der Waals surface area (Å²) < 4.78 is 96.3. The van der Waals surface area contributed by atoms with Crippen molar-refractivity contribution in [2.75, 3.05) is 6.26 Å². The molecule has 0 bridgehead atoms. The van der Waals surface area contributed by atoms with Gasteiger partial charge < -0.3 is 10.5 Å². The van der Waals surface area contributed by atoms with Crippen molar-refractivity contribution in [2.45, 2.75) is 26.1 Å². The van der Waals surface area contributed by atoms with E-state index in [1.165, 1.54) is 18.6 Å². The molecule has 1 heterocycles. The van der Waals surface area contributed by atoms with Gasteiger partial charge in [-0.15, -0.1) is 0 Å². The molecular weight excluding hydrogens is 375 g/mol. The summed E-state index contributed by atoms with van der Waals surface area (Å²) in [5, 5.41) is 0. The zero-order valence-corrected chi connectivity index (χ0v) is 14.1. The van der Waals surface area contributed by atoms with E-state index < -0.39 is 62.8 Å². The van der Waals surface area contributed by atoms with Crippen molar-refractivity contribution in [3.05, 3.63) is 34.8 Å². The molecule has 12 heteroatoms. The number of amides is 1. The molecule has 6 nitrogen and oxygen atoms in total. The van der Waals surface area contributed by atoms with Gasteiger partial charge in [0.1, 0.15) is 11.9 Å². The average Bonchev–Trinajstić information content (AvgIpc) is 2.36. The largest absolute Gasteiger partial charge is 0.478 e. The maximum Gasteiger partial charge on any atom is 0.452 e. The van der Waals surface area contributed by atoms with Gasteiger partial charge in [0.15, 0.2) is 5.83 Å². The van der Waals surface area contributed by atoms with Gasteiger partial charge in [0.2, 0.25) is 21.7 Å². The second kappa shape index (κ2) is 7.02. The molecule has 0 aromatic heterocycles. The Morgan fingerprint density at radius 3 is 2.24 bits per heavy atom. The van der Waals surface area contributed by atoms with Crippen LogP contribution in [-0.4, -0.2) is 32.9 Å². The van der Waals surface area contributed by atoms with Crippen LogP contribution in [0.15, 0.2) is 34.8 Å². The van der Waals surface area contributed by atoms with Gasteiger partial charge in [-0.2, -0.15) is 13.2 Å². The Labute approximate surface area is 140 Å². The molecule has 142 valence electrons. The molecule has 1 unspecified atom stereocenters. The summed E-state index contributed by atoms with van der Waals surface area (Å²) in [5.74, 6) is -7.93. The van der Waals surface area contributed by atoms with Gasteiger partial charge in [0, 0.05) is 6.08 Å². The van der Waals surface area contributed by atoms with Gasteiger partial charge in [-0.3, -0.25) is 9.52 Å². The summed E-state index contributed by atoms with van der Waals surface area (Å²) in [5.41, 5.74) is 2.59. The number of ether oxygens (including phenoxy) is 1. The van der Waals surface area contributed by atoms with Crippen LogP contribution in [0.2, 0.25) is 0 Å². The van der Waals surface area contributed by atoms with Crippen molar-refractivity contribution in [1.82, 2.24) is 4.72 Å². The Bertz CT molecular complexity index is 766. The Hall–Kier alpha value is -2.11. The lowest BCUT2D eigenvalue weighted by atomic mass is 9.93. The van der Waals surface area contributed by atoms with E-state index in [0.29, 0.717) is 6.26 Å². The lowest BCUT2D eigenvalue weighted by Crippen LogP contribution is -2.37. The standard InChI is InChI=1S/C13H15F5N2O4S/c1-5(2)11-8(6(14)4-7(19)21)10(20-25(3,22)23)9(15)12(24-11)13(16,17)18/h4-5,11,20H,1-3H3,(H2,19,21). The first-order valence-corrected chi connectivity index (χ1v) is 8.57. The fourth-order valence-corrected chi connectivity index (χ4v) is 2.59. The highest BCUT2D eigenvalue weighted by atomic mass is 32.2. The summed E-state index contributed by atoms with van der Waals surface area (Å²) in [7, 11) is -4.28. The number of sulfonamides is 1. The minimum Gasteiger partial charge on any atom is -0.478 e. The van der Waals surface area contributed by atoms with Gasteiger partial charge in [0.25, 0.3) is 0 Å². The number of nitrogens with one attached hydrogen (secondary N) is 1. The number of alkyl halides is 3. The lowest BCUT2D eigenvalue weighted by molar-refractivity contribution is -0.144. The number of primary amides is 1. The van der Waals surface area contributed by atoms with E-state index in [1.807, 2.05) is 0 Å². The molecule has 1 atom stereocenters. The van der Waals surface area contributed by atoms with Crippen LogP contribution in [0.3, 0.4) is 0 Å². The summed E-state index contributed by atoms with van der Waals surface area (Å²) in [6.07, 6.45) is -6.30. The number of nitrogens with two attached hydrogens (primary N) is 1. The highest BCUT2D eigenvalue weighted by Gasteiger charge is 2.47. The maximum atomic E-state index is 14.3. The minimum absolute atomic E-state index is 0.184. The van der Waals surface area contributed by atoms with E-state index >= 15 is 0 Å². The molecule has 3 N–H and O–H groups in total. The number of carbonyl (C=O) groups excluding carboxylic acids is 1. The Balaban J connectivity index is 3.83. The summed E-state index contributed by atoms with van der Waals surface area (Å²) in [6.45, 7) is 2.66. The van der Waals surface area contributed by atoms with Crippen LogP contribution in [0.25, 0.3) is 0 Å². The van der Waals surface area contributed by atoms with E-state index in [9.17, 15) is 35.2 Å². The fourth-order valence-electron chi connectivity index (χ4n) is 2.02. The van der Waals surface area contributed by atoms with E-state index in [2.05, 4.69) is 4.74 Å². The molecule has 0 aromatic carbocycles.